The Balaban J connectivity index is 0.000000159. The molecule has 4 heteroatoms. The van der Waals surface area contributed by atoms with E-state index >= 15 is 0 Å². The molecule has 314 valence electrons. The zero-order chi connectivity index (χ0) is 42.1. The summed E-state index contributed by atoms with van der Waals surface area (Å²) in [7, 11) is -2.28. The summed E-state index contributed by atoms with van der Waals surface area (Å²) >= 11 is 0. The van der Waals surface area contributed by atoms with Gasteiger partial charge in [0.1, 0.15) is 47.7 Å². The SMILES string of the molecule is [Au+].[Au+].[C-]#Cc1cccc2c1Cc1ccccc1-2.[C-]#Cc1cccc2c1Cc1ccccc1-2.c1ccc([PH+](c2ccccc2)c2ccccc2[PH+](c2ccccc2)c2ccccc2)cc1. The smallest absolute Gasteiger partial charge is 0.366 e. The molecule has 0 nitrogen and oxygen atoms in total. The molecule has 9 aromatic rings. The molecule has 0 heterocycles. The third-order valence-corrected chi connectivity index (χ3v) is 17.5. The molecule has 2 aliphatic rings. The van der Waals surface area contributed by atoms with Crippen LogP contribution in [-0.2, 0) is 57.6 Å². The molecule has 0 radical (unpaired) electrons. The van der Waals surface area contributed by atoms with Crippen LogP contribution in [0.4, 0.5) is 0 Å². The third kappa shape index (κ3) is 10.0. The van der Waals surface area contributed by atoms with E-state index in [0.29, 0.717) is 0 Å². The van der Waals surface area contributed by atoms with Crippen molar-refractivity contribution in [1.29, 1.82) is 0 Å². The Morgan fingerprint density at radius 3 is 0.906 bits per heavy atom. The van der Waals surface area contributed by atoms with Gasteiger partial charge in [-0.2, -0.15) is 0 Å². The molecule has 11 rings (SSSR count). The summed E-state index contributed by atoms with van der Waals surface area (Å²) in [5.74, 6) is 5.02. The van der Waals surface area contributed by atoms with Gasteiger partial charge in [0.15, 0.2) is 0 Å². The van der Waals surface area contributed by atoms with Gasteiger partial charge in [-0.15, -0.1) is 34.4 Å². The normalized spacial score (nSPS) is 11.0. The molecule has 0 bridgehead atoms. The number of benzene rings is 9. The Kier molecular flexibility index (Phi) is 16.2. The molecule has 0 aliphatic heterocycles. The monoisotopic (exact) mass is 1220 g/mol. The van der Waals surface area contributed by atoms with Crippen molar-refractivity contribution < 1.29 is 44.8 Å². The van der Waals surface area contributed by atoms with Gasteiger partial charge in [0.2, 0.25) is 0 Å². The fraction of sp³-hybridized carbons (Fsp3) is 0.0333. The first-order chi connectivity index (χ1) is 30.7. The molecule has 0 atom stereocenters. The minimum absolute atomic E-state index is 0. The summed E-state index contributed by atoms with van der Waals surface area (Å²) in [6.07, 6.45) is 16.4. The van der Waals surface area contributed by atoms with Crippen molar-refractivity contribution in [2.24, 2.45) is 0 Å². The standard InChI is InChI=1S/C30H24P2.2C15H9.2Au/c1-5-15-25(16-6-1)31(26-17-7-2-8-18-26)29-23-13-14-24-30(29)32(27-19-9-3-10-20-27)28-21-11-4-12-22-28;2*1-2-11-7-5-9-14-13-8-4-3-6-12(13)10-15(11)14;;/h1-24H;2*3-9H,10H2;;/q;2*-1;2*+1/p+2. The average Bonchev–Trinajstić information content (AvgIpc) is 3.93. The van der Waals surface area contributed by atoms with Crippen LogP contribution in [-0.4, -0.2) is 0 Å². The van der Waals surface area contributed by atoms with Crippen molar-refractivity contribution >= 4 is 47.7 Å². The van der Waals surface area contributed by atoms with Gasteiger partial charge in [0.25, 0.3) is 0 Å². The van der Waals surface area contributed by atoms with Crippen LogP contribution < -0.4 is 31.8 Å². The van der Waals surface area contributed by atoms with E-state index in [1.54, 1.807) is 0 Å². The van der Waals surface area contributed by atoms with E-state index in [4.69, 9.17) is 12.8 Å². The van der Waals surface area contributed by atoms with Crippen LogP contribution in [0.3, 0.4) is 0 Å². The van der Waals surface area contributed by atoms with Gasteiger partial charge in [-0.25, -0.2) is 0 Å². The molecule has 0 N–H and O–H groups in total. The molecule has 64 heavy (non-hydrogen) atoms. The number of fused-ring (bicyclic) bond motifs is 6. The van der Waals surface area contributed by atoms with E-state index in [1.165, 1.54) is 76.3 Å². The van der Waals surface area contributed by atoms with Gasteiger partial charge in [-0.3, -0.25) is 11.8 Å². The average molecular weight is 1220 g/mol. The molecular formula is C60H44Au2P2+2. The van der Waals surface area contributed by atoms with E-state index in [9.17, 15) is 0 Å². The number of hydrogen-bond acceptors (Lipinski definition) is 0. The van der Waals surface area contributed by atoms with Crippen LogP contribution >= 0.6 is 15.8 Å². The zero-order valence-electron chi connectivity index (χ0n) is 35.0. The molecule has 0 fully saturated rings. The second kappa shape index (κ2) is 22.4. The molecule has 2 aliphatic carbocycles. The van der Waals surface area contributed by atoms with Crippen LogP contribution in [0.2, 0.25) is 0 Å². The van der Waals surface area contributed by atoms with E-state index < -0.39 is 15.8 Å². The molecule has 0 amide bonds. The fourth-order valence-electron chi connectivity index (χ4n) is 8.84. The Hall–Kier alpha value is -5.56. The summed E-state index contributed by atoms with van der Waals surface area (Å²) in [5.41, 5.74) is 12.2. The molecule has 0 saturated heterocycles. The van der Waals surface area contributed by atoms with Crippen LogP contribution in [0.25, 0.3) is 22.3 Å². The Morgan fingerprint density at radius 1 is 0.297 bits per heavy atom. The van der Waals surface area contributed by atoms with E-state index in [1.807, 2.05) is 24.3 Å². The number of hydrogen-bond donors (Lipinski definition) is 0. The summed E-state index contributed by atoms with van der Waals surface area (Å²) in [4.78, 5) is 0. The largest absolute Gasteiger partial charge is 1.00 e. The van der Waals surface area contributed by atoms with E-state index in [2.05, 4.69) is 218 Å². The minimum atomic E-state index is -1.14. The number of rotatable bonds is 6. The van der Waals surface area contributed by atoms with Gasteiger partial charge >= 0.3 is 44.8 Å². The van der Waals surface area contributed by atoms with Crippen molar-refractivity contribution in [3.8, 4) is 34.1 Å². The maximum Gasteiger partial charge on any atom is 1.00 e. The first kappa shape index (κ1) is 46.4. The second-order valence-corrected chi connectivity index (χ2v) is 20.2. The molecule has 0 aromatic heterocycles. The topological polar surface area (TPSA) is 0 Å². The van der Waals surface area contributed by atoms with Crippen molar-refractivity contribution in [3.63, 3.8) is 0 Å². The summed E-state index contributed by atoms with van der Waals surface area (Å²) in [6, 6.07) is 82.5. The van der Waals surface area contributed by atoms with Crippen LogP contribution in [0, 0.1) is 24.7 Å². The third-order valence-electron chi connectivity index (χ3n) is 11.7. The van der Waals surface area contributed by atoms with Crippen molar-refractivity contribution in [2.75, 3.05) is 0 Å². The Bertz CT molecular complexity index is 2760. The summed E-state index contributed by atoms with van der Waals surface area (Å²) in [6.45, 7) is 0. The van der Waals surface area contributed by atoms with Crippen molar-refractivity contribution in [2.45, 2.75) is 12.8 Å². The van der Waals surface area contributed by atoms with Gasteiger partial charge in [0.05, 0.1) is 0 Å². The zero-order valence-corrected chi connectivity index (χ0v) is 41.3. The Labute approximate surface area is 412 Å². The Morgan fingerprint density at radius 2 is 0.578 bits per heavy atom. The first-order valence-corrected chi connectivity index (χ1v) is 24.0. The van der Waals surface area contributed by atoms with Crippen molar-refractivity contribution in [3.05, 3.63) is 277 Å². The second-order valence-electron chi connectivity index (χ2n) is 15.3. The summed E-state index contributed by atoms with van der Waals surface area (Å²) in [5, 5.41) is 8.71. The minimum Gasteiger partial charge on any atom is -0.366 e. The summed E-state index contributed by atoms with van der Waals surface area (Å²) < 4.78 is 0. The maximum atomic E-state index is 7.27. The predicted molar refractivity (Wildman–Crippen MR) is 268 cm³/mol. The van der Waals surface area contributed by atoms with Gasteiger partial charge in [0, 0.05) is 0 Å². The van der Waals surface area contributed by atoms with E-state index in [-0.39, 0.29) is 44.8 Å². The van der Waals surface area contributed by atoms with Gasteiger partial charge < -0.3 is 12.8 Å². The van der Waals surface area contributed by atoms with Gasteiger partial charge in [-0.1, -0.05) is 158 Å². The molecule has 0 saturated carbocycles. The van der Waals surface area contributed by atoms with Crippen LogP contribution in [0.15, 0.2) is 231 Å². The fourth-order valence-corrected chi connectivity index (χ4v) is 14.8. The maximum absolute atomic E-state index is 7.27. The molecule has 9 aromatic carbocycles. The predicted octanol–water partition coefficient (Wildman–Crippen LogP) is 11.1. The molecule has 0 spiro atoms. The first-order valence-electron chi connectivity index (χ1n) is 21.0. The quantitative estimate of drug-likeness (QED) is 0.0674. The molecule has 0 unspecified atom stereocenters. The van der Waals surface area contributed by atoms with Crippen molar-refractivity contribution in [1.82, 2.24) is 0 Å². The van der Waals surface area contributed by atoms with Gasteiger partial charge in [-0.05, 0) is 107 Å². The van der Waals surface area contributed by atoms with Crippen LogP contribution in [0.5, 0.6) is 0 Å². The van der Waals surface area contributed by atoms with E-state index in [0.717, 1.165) is 24.0 Å². The van der Waals surface area contributed by atoms with Crippen LogP contribution in [0.1, 0.15) is 33.4 Å². The molecular weight excluding hydrogens is 1180 g/mol.